The lowest BCUT2D eigenvalue weighted by Gasteiger charge is -2.19. The molecule has 0 bridgehead atoms. The Morgan fingerprint density at radius 1 is 1.14 bits per heavy atom. The summed E-state index contributed by atoms with van der Waals surface area (Å²) in [5.41, 5.74) is 0.344. The molecule has 4 rings (SSSR count). The molecule has 22 heavy (non-hydrogen) atoms. The quantitative estimate of drug-likeness (QED) is 0.868. The molecule has 0 saturated carbocycles. The third-order valence-electron chi connectivity index (χ3n) is 4.48. The molecule has 2 fully saturated rings. The van der Waals surface area contributed by atoms with E-state index < -0.39 is 5.54 Å². The van der Waals surface area contributed by atoms with Gasteiger partial charge >= 0.3 is 6.03 Å². The van der Waals surface area contributed by atoms with E-state index in [9.17, 15) is 9.59 Å². The first-order chi connectivity index (χ1) is 10.7. The van der Waals surface area contributed by atoms with E-state index in [1.54, 1.807) is 11.8 Å². The van der Waals surface area contributed by atoms with E-state index in [0.717, 1.165) is 28.5 Å². The standard InChI is InChI=1S/C17H16N2O2S/c20-15-17(8-9-22-11-17)18-16(21)19(15)10-13-6-3-5-12-4-1-2-7-14(12)13/h1-7H,8-11H2,(H,18,21). The van der Waals surface area contributed by atoms with E-state index in [4.69, 9.17) is 0 Å². The van der Waals surface area contributed by atoms with Crippen molar-refractivity contribution in [1.29, 1.82) is 0 Å². The van der Waals surface area contributed by atoms with Crippen LogP contribution >= 0.6 is 11.8 Å². The summed E-state index contributed by atoms with van der Waals surface area (Å²) in [6, 6.07) is 13.8. The molecule has 2 heterocycles. The number of nitrogens with zero attached hydrogens (tertiary/aromatic N) is 1. The van der Waals surface area contributed by atoms with Crippen molar-refractivity contribution in [3.8, 4) is 0 Å². The minimum absolute atomic E-state index is 0.0737. The van der Waals surface area contributed by atoms with Crippen molar-refractivity contribution in [2.75, 3.05) is 11.5 Å². The maximum Gasteiger partial charge on any atom is 0.325 e. The molecule has 5 heteroatoms. The van der Waals surface area contributed by atoms with Gasteiger partial charge in [0, 0.05) is 5.75 Å². The molecule has 112 valence electrons. The largest absolute Gasteiger partial charge is 0.325 e. The Kier molecular flexibility index (Phi) is 3.11. The van der Waals surface area contributed by atoms with Gasteiger partial charge in [0.15, 0.2) is 0 Å². The van der Waals surface area contributed by atoms with Crippen molar-refractivity contribution >= 4 is 34.5 Å². The number of imide groups is 1. The first-order valence-electron chi connectivity index (χ1n) is 7.38. The van der Waals surface area contributed by atoms with Crippen LogP contribution in [0.25, 0.3) is 10.8 Å². The molecule has 2 aromatic carbocycles. The van der Waals surface area contributed by atoms with Crippen LogP contribution in [0.1, 0.15) is 12.0 Å². The fourth-order valence-corrected chi connectivity index (χ4v) is 4.58. The Balaban J connectivity index is 1.68. The van der Waals surface area contributed by atoms with E-state index in [0.29, 0.717) is 12.3 Å². The zero-order valence-electron chi connectivity index (χ0n) is 12.0. The average Bonchev–Trinajstić information content (AvgIpc) is 3.09. The number of carbonyl (C=O) groups is 2. The number of amides is 3. The van der Waals surface area contributed by atoms with E-state index >= 15 is 0 Å². The maximum absolute atomic E-state index is 12.7. The summed E-state index contributed by atoms with van der Waals surface area (Å²) in [6.07, 6.45) is 0.730. The van der Waals surface area contributed by atoms with Crippen LogP contribution in [0.2, 0.25) is 0 Å². The molecule has 1 unspecified atom stereocenters. The number of fused-ring (bicyclic) bond motifs is 1. The Bertz CT molecular complexity index is 763. The lowest BCUT2D eigenvalue weighted by atomic mass is 9.99. The molecule has 2 saturated heterocycles. The number of carbonyl (C=O) groups excluding carboxylic acids is 2. The molecular formula is C17H16N2O2S. The molecule has 3 amide bonds. The highest BCUT2D eigenvalue weighted by molar-refractivity contribution is 7.99. The minimum atomic E-state index is -0.660. The fourth-order valence-electron chi connectivity index (χ4n) is 3.25. The van der Waals surface area contributed by atoms with Gasteiger partial charge < -0.3 is 5.32 Å². The van der Waals surface area contributed by atoms with Gasteiger partial charge in [0.2, 0.25) is 0 Å². The summed E-state index contributed by atoms with van der Waals surface area (Å²) in [4.78, 5) is 26.3. The molecule has 2 aliphatic heterocycles. The van der Waals surface area contributed by atoms with Crippen LogP contribution in [0.5, 0.6) is 0 Å². The monoisotopic (exact) mass is 312 g/mol. The first kappa shape index (κ1) is 13.6. The molecule has 4 nitrogen and oxygen atoms in total. The minimum Gasteiger partial charge on any atom is -0.322 e. The molecule has 0 aliphatic carbocycles. The van der Waals surface area contributed by atoms with Gasteiger partial charge in [0.1, 0.15) is 5.54 Å². The zero-order valence-corrected chi connectivity index (χ0v) is 12.9. The highest BCUT2D eigenvalue weighted by Gasteiger charge is 2.52. The molecule has 0 aromatic heterocycles. The number of hydrogen-bond donors (Lipinski definition) is 1. The summed E-state index contributed by atoms with van der Waals surface area (Å²) < 4.78 is 0. The highest BCUT2D eigenvalue weighted by Crippen LogP contribution is 2.34. The highest BCUT2D eigenvalue weighted by atomic mass is 32.2. The van der Waals surface area contributed by atoms with Crippen LogP contribution in [0, 0.1) is 0 Å². The van der Waals surface area contributed by atoms with Crippen molar-refractivity contribution < 1.29 is 9.59 Å². The van der Waals surface area contributed by atoms with E-state index in [1.165, 1.54) is 4.90 Å². The van der Waals surface area contributed by atoms with E-state index in [-0.39, 0.29) is 11.9 Å². The van der Waals surface area contributed by atoms with Gasteiger partial charge in [-0.15, -0.1) is 0 Å². The zero-order chi connectivity index (χ0) is 15.2. The summed E-state index contributed by atoms with van der Waals surface area (Å²) in [7, 11) is 0. The van der Waals surface area contributed by atoms with Gasteiger partial charge in [0.25, 0.3) is 5.91 Å². The van der Waals surface area contributed by atoms with Gasteiger partial charge in [-0.05, 0) is 28.5 Å². The Morgan fingerprint density at radius 3 is 2.77 bits per heavy atom. The fraction of sp³-hybridized carbons (Fsp3) is 0.294. The predicted molar refractivity (Wildman–Crippen MR) is 87.7 cm³/mol. The third-order valence-corrected chi connectivity index (χ3v) is 5.67. The van der Waals surface area contributed by atoms with Crippen molar-refractivity contribution in [3.63, 3.8) is 0 Å². The summed E-state index contributed by atoms with van der Waals surface area (Å²) in [5.74, 6) is 1.54. The van der Waals surface area contributed by atoms with Crippen LogP contribution in [0.3, 0.4) is 0 Å². The number of nitrogens with one attached hydrogen (secondary N) is 1. The molecular weight excluding hydrogens is 296 g/mol. The number of urea groups is 1. The molecule has 0 radical (unpaired) electrons. The number of thioether (sulfide) groups is 1. The molecule has 2 aliphatic rings. The van der Waals surface area contributed by atoms with E-state index in [2.05, 4.69) is 5.32 Å². The van der Waals surface area contributed by atoms with Crippen LogP contribution in [0.4, 0.5) is 4.79 Å². The van der Waals surface area contributed by atoms with Crippen LogP contribution in [-0.2, 0) is 11.3 Å². The Morgan fingerprint density at radius 2 is 1.95 bits per heavy atom. The number of hydrogen-bond acceptors (Lipinski definition) is 3. The maximum atomic E-state index is 12.7. The van der Waals surface area contributed by atoms with Crippen LogP contribution in [-0.4, -0.2) is 33.9 Å². The topological polar surface area (TPSA) is 49.4 Å². The Hall–Kier alpha value is -2.01. The molecule has 1 spiro atoms. The molecule has 1 N–H and O–H groups in total. The number of benzene rings is 2. The predicted octanol–water partition coefficient (Wildman–Crippen LogP) is 2.77. The summed E-state index contributed by atoms with van der Waals surface area (Å²) in [5, 5.41) is 5.13. The van der Waals surface area contributed by atoms with E-state index in [1.807, 2.05) is 42.5 Å². The Labute approximate surface area is 132 Å². The van der Waals surface area contributed by atoms with Gasteiger partial charge in [-0.2, -0.15) is 11.8 Å². The van der Waals surface area contributed by atoms with Crippen LogP contribution < -0.4 is 5.32 Å². The smallest absolute Gasteiger partial charge is 0.322 e. The average molecular weight is 312 g/mol. The van der Waals surface area contributed by atoms with Crippen LogP contribution in [0.15, 0.2) is 42.5 Å². The van der Waals surface area contributed by atoms with Gasteiger partial charge in [-0.1, -0.05) is 42.5 Å². The van der Waals surface area contributed by atoms with Crippen molar-refractivity contribution in [1.82, 2.24) is 10.2 Å². The van der Waals surface area contributed by atoms with Gasteiger partial charge in [0.05, 0.1) is 6.54 Å². The van der Waals surface area contributed by atoms with Gasteiger partial charge in [-0.25, -0.2) is 4.79 Å². The molecule has 1 atom stereocenters. The van der Waals surface area contributed by atoms with Crippen molar-refractivity contribution in [3.05, 3.63) is 48.0 Å². The second kappa shape index (κ2) is 5.02. The number of rotatable bonds is 2. The van der Waals surface area contributed by atoms with Crippen molar-refractivity contribution in [2.24, 2.45) is 0 Å². The third kappa shape index (κ3) is 2.00. The van der Waals surface area contributed by atoms with Gasteiger partial charge in [-0.3, -0.25) is 9.69 Å². The normalized spacial score (nSPS) is 24.5. The van der Waals surface area contributed by atoms with Crippen molar-refractivity contribution in [2.45, 2.75) is 18.5 Å². The first-order valence-corrected chi connectivity index (χ1v) is 8.54. The summed E-state index contributed by atoms with van der Waals surface area (Å²) >= 11 is 1.72. The molecule has 2 aromatic rings. The lowest BCUT2D eigenvalue weighted by molar-refractivity contribution is -0.130. The SMILES string of the molecule is O=C1NC2(CCSC2)C(=O)N1Cc1cccc2ccccc12. The summed E-state index contributed by atoms with van der Waals surface area (Å²) in [6.45, 7) is 0.332. The lowest BCUT2D eigenvalue weighted by Crippen LogP contribution is -2.46. The second-order valence-electron chi connectivity index (χ2n) is 5.84. The second-order valence-corrected chi connectivity index (χ2v) is 6.95.